The number of benzene rings is 2. The van der Waals surface area contributed by atoms with Crippen LogP contribution in [-0.2, 0) is 13.1 Å². The van der Waals surface area contributed by atoms with Crippen molar-refractivity contribution in [1.29, 1.82) is 0 Å². The normalized spacial score (nSPS) is 10.8. The Labute approximate surface area is 147 Å². The lowest BCUT2D eigenvalue weighted by Gasteiger charge is -2.11. The first-order valence-electron chi connectivity index (χ1n) is 8.20. The van der Waals surface area contributed by atoms with E-state index >= 15 is 0 Å². The highest BCUT2D eigenvalue weighted by Gasteiger charge is 2.07. The van der Waals surface area contributed by atoms with Gasteiger partial charge in [-0.3, -0.25) is 4.79 Å². The lowest BCUT2D eigenvalue weighted by atomic mass is 10.1. The summed E-state index contributed by atoms with van der Waals surface area (Å²) in [7, 11) is 4.05. The van der Waals surface area contributed by atoms with Crippen LogP contribution in [0.2, 0.25) is 0 Å². The second kappa shape index (κ2) is 7.77. The Morgan fingerprint density at radius 1 is 1.12 bits per heavy atom. The maximum Gasteiger partial charge on any atom is 0.255 e. The molecule has 0 aliphatic carbocycles. The second-order valence-electron chi connectivity index (χ2n) is 6.32. The molecule has 0 saturated heterocycles. The molecule has 0 unspecified atom stereocenters. The predicted molar refractivity (Wildman–Crippen MR) is 99.6 cm³/mol. The minimum Gasteiger partial charge on any atom is -0.333 e. The van der Waals surface area contributed by atoms with Crippen LogP contribution in [0.4, 0.5) is 5.69 Å². The average Bonchev–Trinajstić information content (AvgIpc) is 3.08. The van der Waals surface area contributed by atoms with E-state index < -0.39 is 0 Å². The molecule has 1 N–H and O–H groups in total. The molecule has 1 aromatic heterocycles. The Morgan fingerprint density at radius 3 is 2.60 bits per heavy atom. The van der Waals surface area contributed by atoms with Gasteiger partial charge in [-0.25, -0.2) is 4.98 Å². The molecule has 128 valence electrons. The van der Waals surface area contributed by atoms with E-state index in [9.17, 15) is 4.79 Å². The van der Waals surface area contributed by atoms with Crippen molar-refractivity contribution in [1.82, 2.24) is 14.5 Å². The Kier molecular flexibility index (Phi) is 5.26. The molecule has 25 heavy (non-hydrogen) atoms. The van der Waals surface area contributed by atoms with Gasteiger partial charge in [-0.1, -0.05) is 24.3 Å². The molecule has 0 fully saturated rings. The number of anilines is 1. The standard InChI is InChI=1S/C20H22N4O/c1-23(2)13-17-4-3-5-19(12-17)22-20(25)18-8-6-16(7-9-18)14-24-11-10-21-15-24/h3-12,15H,13-14H2,1-2H3,(H,22,25). The quantitative estimate of drug-likeness (QED) is 0.753. The summed E-state index contributed by atoms with van der Waals surface area (Å²) in [5.74, 6) is -0.101. The molecule has 5 nitrogen and oxygen atoms in total. The van der Waals surface area contributed by atoms with Gasteiger partial charge in [0.05, 0.1) is 6.33 Å². The number of carbonyl (C=O) groups is 1. The highest BCUT2D eigenvalue weighted by molar-refractivity contribution is 6.04. The number of nitrogens with one attached hydrogen (secondary N) is 1. The van der Waals surface area contributed by atoms with E-state index in [-0.39, 0.29) is 5.91 Å². The number of hydrogen-bond donors (Lipinski definition) is 1. The topological polar surface area (TPSA) is 50.2 Å². The number of nitrogens with zero attached hydrogens (tertiary/aromatic N) is 3. The summed E-state index contributed by atoms with van der Waals surface area (Å²) in [6.45, 7) is 1.58. The third-order valence-electron chi connectivity index (χ3n) is 3.82. The van der Waals surface area contributed by atoms with Crippen molar-refractivity contribution in [3.05, 3.63) is 83.9 Å². The van der Waals surface area contributed by atoms with Gasteiger partial charge < -0.3 is 14.8 Å². The fourth-order valence-electron chi connectivity index (χ4n) is 2.67. The maximum absolute atomic E-state index is 12.4. The van der Waals surface area contributed by atoms with Gasteiger partial charge in [0.2, 0.25) is 0 Å². The largest absolute Gasteiger partial charge is 0.333 e. The number of carbonyl (C=O) groups excluding carboxylic acids is 1. The SMILES string of the molecule is CN(C)Cc1cccc(NC(=O)c2ccc(Cn3ccnc3)cc2)c1. The Balaban J connectivity index is 1.65. The predicted octanol–water partition coefficient (Wildman–Crippen LogP) is 3.25. The second-order valence-corrected chi connectivity index (χ2v) is 6.32. The van der Waals surface area contributed by atoms with Gasteiger partial charge in [-0.05, 0) is 49.5 Å². The maximum atomic E-state index is 12.4. The molecule has 1 heterocycles. The van der Waals surface area contributed by atoms with Crippen LogP contribution in [0.15, 0.2) is 67.3 Å². The van der Waals surface area contributed by atoms with Gasteiger partial charge in [-0.2, -0.15) is 0 Å². The Morgan fingerprint density at radius 2 is 1.92 bits per heavy atom. The first kappa shape index (κ1) is 16.9. The van der Waals surface area contributed by atoms with Crippen LogP contribution in [0.25, 0.3) is 0 Å². The van der Waals surface area contributed by atoms with Crippen molar-refractivity contribution in [3.63, 3.8) is 0 Å². The fraction of sp³-hybridized carbons (Fsp3) is 0.200. The van der Waals surface area contributed by atoms with Gasteiger partial charge >= 0.3 is 0 Å². The molecule has 3 aromatic rings. The molecule has 0 aliphatic rings. The third kappa shape index (κ3) is 4.78. The minimum atomic E-state index is -0.101. The Bertz CT molecular complexity index is 823. The van der Waals surface area contributed by atoms with Crippen LogP contribution >= 0.6 is 0 Å². The van der Waals surface area contributed by atoms with E-state index in [1.807, 2.05) is 67.3 Å². The number of imidazole rings is 1. The molecule has 0 saturated carbocycles. The van der Waals surface area contributed by atoms with E-state index in [0.29, 0.717) is 5.56 Å². The van der Waals surface area contributed by atoms with Gasteiger partial charge in [0.15, 0.2) is 0 Å². The zero-order valence-corrected chi connectivity index (χ0v) is 14.5. The number of rotatable bonds is 6. The van der Waals surface area contributed by atoms with E-state index in [4.69, 9.17) is 0 Å². The van der Waals surface area contributed by atoms with E-state index in [0.717, 1.165) is 24.3 Å². The molecular weight excluding hydrogens is 312 g/mol. The number of hydrogen-bond acceptors (Lipinski definition) is 3. The minimum absolute atomic E-state index is 0.101. The molecule has 2 aromatic carbocycles. The van der Waals surface area contributed by atoms with E-state index in [1.54, 1.807) is 12.5 Å². The van der Waals surface area contributed by atoms with Gasteiger partial charge in [0.1, 0.15) is 0 Å². The summed E-state index contributed by atoms with van der Waals surface area (Å²) in [6.07, 6.45) is 5.45. The first-order chi connectivity index (χ1) is 12.1. The molecular formula is C20H22N4O. The first-order valence-corrected chi connectivity index (χ1v) is 8.20. The Hall–Kier alpha value is -2.92. The van der Waals surface area contributed by atoms with Crippen LogP contribution in [0, 0.1) is 0 Å². The van der Waals surface area contributed by atoms with Crippen LogP contribution < -0.4 is 5.32 Å². The highest BCUT2D eigenvalue weighted by atomic mass is 16.1. The lowest BCUT2D eigenvalue weighted by molar-refractivity contribution is 0.102. The summed E-state index contributed by atoms with van der Waals surface area (Å²) in [4.78, 5) is 18.6. The summed E-state index contributed by atoms with van der Waals surface area (Å²) in [5, 5.41) is 2.96. The lowest BCUT2D eigenvalue weighted by Crippen LogP contribution is -2.13. The van der Waals surface area contributed by atoms with E-state index in [1.165, 1.54) is 5.56 Å². The third-order valence-corrected chi connectivity index (χ3v) is 3.82. The molecule has 0 bridgehead atoms. The fourth-order valence-corrected chi connectivity index (χ4v) is 2.67. The summed E-state index contributed by atoms with van der Waals surface area (Å²) >= 11 is 0. The molecule has 1 amide bonds. The van der Waals surface area contributed by atoms with Crippen molar-refractivity contribution < 1.29 is 4.79 Å². The van der Waals surface area contributed by atoms with Crippen LogP contribution in [-0.4, -0.2) is 34.5 Å². The van der Waals surface area contributed by atoms with E-state index in [2.05, 4.69) is 21.3 Å². The van der Waals surface area contributed by atoms with Gasteiger partial charge in [0.25, 0.3) is 5.91 Å². The molecule has 0 spiro atoms. The molecule has 3 rings (SSSR count). The smallest absolute Gasteiger partial charge is 0.255 e. The molecule has 0 atom stereocenters. The van der Waals surface area contributed by atoms with Crippen LogP contribution in [0.5, 0.6) is 0 Å². The van der Waals surface area contributed by atoms with Gasteiger partial charge in [-0.15, -0.1) is 0 Å². The van der Waals surface area contributed by atoms with Crippen LogP contribution in [0.3, 0.4) is 0 Å². The number of amides is 1. The summed E-state index contributed by atoms with van der Waals surface area (Å²) < 4.78 is 1.99. The summed E-state index contributed by atoms with van der Waals surface area (Å²) in [5.41, 5.74) is 3.75. The number of aromatic nitrogens is 2. The van der Waals surface area contributed by atoms with Crippen molar-refractivity contribution in [2.24, 2.45) is 0 Å². The van der Waals surface area contributed by atoms with Crippen molar-refractivity contribution in [2.45, 2.75) is 13.1 Å². The zero-order valence-electron chi connectivity index (χ0n) is 14.5. The van der Waals surface area contributed by atoms with Crippen molar-refractivity contribution in [3.8, 4) is 0 Å². The van der Waals surface area contributed by atoms with Gasteiger partial charge in [0, 0.05) is 36.7 Å². The highest BCUT2D eigenvalue weighted by Crippen LogP contribution is 2.14. The average molecular weight is 334 g/mol. The monoisotopic (exact) mass is 334 g/mol. The zero-order chi connectivity index (χ0) is 17.6. The molecule has 0 radical (unpaired) electrons. The van der Waals surface area contributed by atoms with Crippen LogP contribution in [0.1, 0.15) is 21.5 Å². The van der Waals surface area contributed by atoms with Crippen molar-refractivity contribution in [2.75, 3.05) is 19.4 Å². The summed E-state index contributed by atoms with van der Waals surface area (Å²) in [6, 6.07) is 15.6. The van der Waals surface area contributed by atoms with Crippen molar-refractivity contribution >= 4 is 11.6 Å². The molecule has 5 heteroatoms. The molecule has 0 aliphatic heterocycles.